The van der Waals surface area contributed by atoms with Crippen molar-refractivity contribution in [3.8, 4) is 0 Å². The van der Waals surface area contributed by atoms with Crippen LogP contribution in [-0.2, 0) is 22.4 Å². The third kappa shape index (κ3) is 3.14. The van der Waals surface area contributed by atoms with Crippen LogP contribution in [0.1, 0.15) is 35.6 Å². The highest BCUT2D eigenvalue weighted by Gasteiger charge is 2.23. The number of carbonyl (C=O) groups is 1. The molecule has 0 spiro atoms. The third-order valence-electron chi connectivity index (χ3n) is 3.83. The molecule has 1 aromatic carbocycles. The maximum atomic E-state index is 11.3. The first-order valence-corrected chi connectivity index (χ1v) is 6.69. The maximum absolute atomic E-state index is 11.3. The minimum Gasteiger partial charge on any atom is -0.469 e. The van der Waals surface area contributed by atoms with E-state index in [0.717, 1.165) is 18.4 Å². The van der Waals surface area contributed by atoms with Gasteiger partial charge in [0.1, 0.15) is 0 Å². The fourth-order valence-corrected chi connectivity index (χ4v) is 2.64. The molecule has 104 valence electrons. The van der Waals surface area contributed by atoms with Crippen LogP contribution < -0.4 is 5.32 Å². The Morgan fingerprint density at radius 2 is 2.16 bits per heavy atom. The number of aryl methyl sites for hydroxylation is 2. The summed E-state index contributed by atoms with van der Waals surface area (Å²) in [5.74, 6) is -0.320. The molecule has 0 bridgehead atoms. The number of hydrogen-bond acceptors (Lipinski definition) is 4. The molecule has 1 aromatic rings. The van der Waals surface area contributed by atoms with Crippen molar-refractivity contribution in [2.24, 2.45) is 0 Å². The first-order valence-electron chi connectivity index (χ1n) is 6.69. The van der Waals surface area contributed by atoms with E-state index in [1.165, 1.54) is 24.7 Å². The molecule has 4 heteroatoms. The number of hydrogen-bond donors (Lipinski definition) is 2. The third-order valence-corrected chi connectivity index (χ3v) is 3.83. The Morgan fingerprint density at radius 3 is 2.84 bits per heavy atom. The average molecular weight is 263 g/mol. The average Bonchev–Trinajstić information content (AvgIpc) is 2.90. The van der Waals surface area contributed by atoms with Crippen LogP contribution in [0, 0.1) is 0 Å². The van der Waals surface area contributed by atoms with Crippen molar-refractivity contribution < 1.29 is 14.6 Å². The van der Waals surface area contributed by atoms with Gasteiger partial charge in [0.05, 0.1) is 19.6 Å². The van der Waals surface area contributed by atoms with Gasteiger partial charge < -0.3 is 15.2 Å². The van der Waals surface area contributed by atoms with Gasteiger partial charge in [-0.1, -0.05) is 18.2 Å². The molecule has 0 fully saturated rings. The number of esters is 1. The summed E-state index contributed by atoms with van der Waals surface area (Å²) in [5.41, 5.74) is 3.57. The van der Waals surface area contributed by atoms with Crippen molar-refractivity contribution in [1.29, 1.82) is 0 Å². The van der Waals surface area contributed by atoms with Gasteiger partial charge >= 0.3 is 5.97 Å². The fourth-order valence-electron chi connectivity index (χ4n) is 2.64. The van der Waals surface area contributed by atoms with E-state index in [1.54, 1.807) is 7.05 Å². The lowest BCUT2D eigenvalue weighted by atomic mass is 9.96. The van der Waals surface area contributed by atoms with Gasteiger partial charge in [-0.05, 0) is 43.0 Å². The van der Waals surface area contributed by atoms with E-state index in [2.05, 4.69) is 22.2 Å². The molecule has 0 radical (unpaired) electrons. The number of aliphatic hydroxyl groups is 1. The molecule has 4 nitrogen and oxygen atoms in total. The molecule has 2 atom stereocenters. The molecule has 0 heterocycles. The topological polar surface area (TPSA) is 58.6 Å². The normalized spacial score (nSPS) is 16.8. The van der Waals surface area contributed by atoms with Crippen molar-refractivity contribution in [3.63, 3.8) is 0 Å². The van der Waals surface area contributed by atoms with Crippen LogP contribution in [0.4, 0.5) is 0 Å². The Bertz CT molecular complexity index is 459. The van der Waals surface area contributed by atoms with Gasteiger partial charge in [0.25, 0.3) is 0 Å². The Morgan fingerprint density at radius 1 is 1.42 bits per heavy atom. The van der Waals surface area contributed by atoms with Gasteiger partial charge in [0, 0.05) is 6.04 Å². The first kappa shape index (κ1) is 14.0. The van der Waals surface area contributed by atoms with E-state index < -0.39 is 6.10 Å². The predicted octanol–water partition coefficient (Wildman–Crippen LogP) is 1.36. The SMILES string of the molecule is CNC(CC(=O)OC)C(O)c1ccc2c(c1)CCC2. The van der Waals surface area contributed by atoms with Crippen LogP contribution in [0.25, 0.3) is 0 Å². The molecule has 1 aliphatic rings. The second-order valence-corrected chi connectivity index (χ2v) is 5.00. The zero-order valence-electron chi connectivity index (χ0n) is 11.5. The van der Waals surface area contributed by atoms with Crippen LogP contribution in [0.5, 0.6) is 0 Å². The van der Waals surface area contributed by atoms with Crippen molar-refractivity contribution >= 4 is 5.97 Å². The van der Waals surface area contributed by atoms with Crippen LogP contribution in [0.3, 0.4) is 0 Å². The molecule has 19 heavy (non-hydrogen) atoms. The second kappa shape index (κ2) is 6.17. The van der Waals surface area contributed by atoms with Crippen molar-refractivity contribution in [1.82, 2.24) is 5.32 Å². The minimum atomic E-state index is -0.699. The summed E-state index contributed by atoms with van der Waals surface area (Å²) in [7, 11) is 3.10. The van der Waals surface area contributed by atoms with Crippen LogP contribution >= 0.6 is 0 Å². The molecular weight excluding hydrogens is 242 g/mol. The monoisotopic (exact) mass is 263 g/mol. The number of fused-ring (bicyclic) bond motifs is 1. The number of likely N-dealkylation sites (N-methyl/N-ethyl adjacent to an activating group) is 1. The lowest BCUT2D eigenvalue weighted by molar-refractivity contribution is -0.141. The quantitative estimate of drug-likeness (QED) is 0.788. The van der Waals surface area contributed by atoms with Gasteiger partial charge in [-0.2, -0.15) is 0 Å². The van der Waals surface area contributed by atoms with Gasteiger partial charge in [0.15, 0.2) is 0 Å². The van der Waals surface area contributed by atoms with Crippen LogP contribution in [0.15, 0.2) is 18.2 Å². The molecule has 2 N–H and O–H groups in total. The lowest BCUT2D eigenvalue weighted by Gasteiger charge is -2.22. The summed E-state index contributed by atoms with van der Waals surface area (Å²) in [4.78, 5) is 11.3. The standard InChI is InChI=1S/C15H21NO3/c1-16-13(9-14(17)19-2)15(18)12-7-6-10-4-3-5-11(10)8-12/h6-8,13,15-16,18H,3-5,9H2,1-2H3. The molecule has 0 saturated heterocycles. The first-order chi connectivity index (χ1) is 9.15. The van der Waals surface area contributed by atoms with Crippen LogP contribution in [-0.4, -0.2) is 31.3 Å². The maximum Gasteiger partial charge on any atom is 0.307 e. The Hall–Kier alpha value is -1.39. The van der Waals surface area contributed by atoms with Crippen molar-refractivity contribution in [3.05, 3.63) is 34.9 Å². The smallest absolute Gasteiger partial charge is 0.307 e. The summed E-state index contributed by atoms with van der Waals surface area (Å²) < 4.78 is 4.65. The van der Waals surface area contributed by atoms with E-state index in [-0.39, 0.29) is 18.4 Å². The molecule has 0 aromatic heterocycles. The Labute approximate surface area is 113 Å². The van der Waals surface area contributed by atoms with E-state index in [4.69, 9.17) is 0 Å². The summed E-state index contributed by atoms with van der Waals surface area (Å²) in [5, 5.41) is 13.4. The lowest BCUT2D eigenvalue weighted by Crippen LogP contribution is -2.34. The van der Waals surface area contributed by atoms with Crippen molar-refractivity contribution in [2.75, 3.05) is 14.2 Å². The molecule has 1 aliphatic carbocycles. The summed E-state index contributed by atoms with van der Waals surface area (Å²) in [6.07, 6.45) is 2.85. The molecule has 0 amide bonds. The predicted molar refractivity (Wildman–Crippen MR) is 72.9 cm³/mol. The molecule has 0 saturated carbocycles. The Balaban J connectivity index is 2.13. The van der Waals surface area contributed by atoms with E-state index >= 15 is 0 Å². The number of ether oxygens (including phenoxy) is 1. The number of benzene rings is 1. The van der Waals surface area contributed by atoms with E-state index in [0.29, 0.717) is 0 Å². The van der Waals surface area contributed by atoms with Gasteiger partial charge in [0.2, 0.25) is 0 Å². The number of carbonyl (C=O) groups excluding carboxylic acids is 1. The molecule has 2 rings (SSSR count). The van der Waals surface area contributed by atoms with Crippen LogP contribution in [0.2, 0.25) is 0 Å². The van der Waals surface area contributed by atoms with E-state index in [9.17, 15) is 9.90 Å². The van der Waals surface area contributed by atoms with Gasteiger partial charge in [-0.25, -0.2) is 0 Å². The fraction of sp³-hybridized carbons (Fsp3) is 0.533. The number of aliphatic hydroxyl groups excluding tert-OH is 1. The summed E-state index contributed by atoms with van der Waals surface area (Å²) >= 11 is 0. The van der Waals surface area contributed by atoms with Gasteiger partial charge in [-0.3, -0.25) is 4.79 Å². The highest BCUT2D eigenvalue weighted by molar-refractivity contribution is 5.70. The zero-order chi connectivity index (χ0) is 13.8. The molecular formula is C15H21NO3. The Kier molecular flexibility index (Phi) is 4.56. The highest BCUT2D eigenvalue weighted by Crippen LogP contribution is 2.27. The molecule has 2 unspecified atom stereocenters. The number of nitrogens with one attached hydrogen (secondary N) is 1. The van der Waals surface area contributed by atoms with Gasteiger partial charge in [-0.15, -0.1) is 0 Å². The zero-order valence-corrected chi connectivity index (χ0v) is 11.5. The number of rotatable bonds is 5. The summed E-state index contributed by atoms with van der Waals surface area (Å²) in [6, 6.07) is 5.78. The minimum absolute atomic E-state index is 0.158. The second-order valence-electron chi connectivity index (χ2n) is 5.00. The van der Waals surface area contributed by atoms with Crippen molar-refractivity contribution in [2.45, 2.75) is 37.8 Å². The highest BCUT2D eigenvalue weighted by atomic mass is 16.5. The molecule has 0 aliphatic heterocycles. The van der Waals surface area contributed by atoms with E-state index in [1.807, 2.05) is 6.07 Å². The summed E-state index contributed by atoms with van der Waals surface area (Å²) in [6.45, 7) is 0. The largest absolute Gasteiger partial charge is 0.469 e. The number of methoxy groups -OCH3 is 1.